The van der Waals surface area contributed by atoms with Crippen molar-refractivity contribution in [3.8, 4) is 0 Å². The molecule has 108 valence electrons. The van der Waals surface area contributed by atoms with Crippen molar-refractivity contribution in [2.45, 2.75) is 19.5 Å². The summed E-state index contributed by atoms with van der Waals surface area (Å²) in [5, 5.41) is 0. The molecule has 0 saturated carbocycles. The number of aromatic nitrogens is 2. The minimum atomic E-state index is -2.99. The number of sulfone groups is 1. The molecule has 1 unspecified atom stereocenters. The number of imidazole rings is 1. The zero-order valence-corrected chi connectivity index (χ0v) is 12.3. The molecule has 0 amide bonds. The number of rotatable bonds is 6. The summed E-state index contributed by atoms with van der Waals surface area (Å²) in [6, 6.07) is 9.38. The zero-order chi connectivity index (χ0) is 14.6. The molecule has 1 atom stereocenters. The number of hydrogen-bond donors (Lipinski definition) is 1. The smallest absolute Gasteiger partial charge is 0.151 e. The molecule has 5 nitrogen and oxygen atoms in total. The van der Waals surface area contributed by atoms with Crippen LogP contribution in [0.15, 0.2) is 42.9 Å². The molecule has 2 rings (SSSR count). The number of benzene rings is 1. The quantitative estimate of drug-likeness (QED) is 0.872. The predicted octanol–water partition coefficient (Wildman–Crippen LogP) is 1.37. The molecule has 0 fully saturated rings. The number of nitrogens with two attached hydrogens (primary N) is 1. The van der Waals surface area contributed by atoms with Crippen LogP contribution in [0.4, 0.5) is 0 Å². The molecule has 0 saturated heterocycles. The van der Waals surface area contributed by atoms with Crippen LogP contribution in [0, 0.1) is 0 Å². The van der Waals surface area contributed by atoms with Crippen LogP contribution in [-0.4, -0.2) is 29.5 Å². The fraction of sp³-hybridized carbons (Fsp3) is 0.357. The van der Waals surface area contributed by atoms with Gasteiger partial charge in [0.1, 0.15) is 0 Å². The standard InChI is InChI=1S/C14H19N3O2S/c1-2-20(18,19)9-8-17-11-16-10-13(17)14(15)12-6-4-3-5-7-12/h3-7,10-11,14H,2,8-9,15H2,1H3. The van der Waals surface area contributed by atoms with Gasteiger partial charge < -0.3 is 10.3 Å². The maximum atomic E-state index is 11.6. The summed E-state index contributed by atoms with van der Waals surface area (Å²) in [6.07, 6.45) is 3.32. The molecule has 0 aliphatic rings. The van der Waals surface area contributed by atoms with Crippen LogP contribution >= 0.6 is 0 Å². The molecule has 1 aromatic carbocycles. The van der Waals surface area contributed by atoms with E-state index in [2.05, 4.69) is 4.98 Å². The van der Waals surface area contributed by atoms with Gasteiger partial charge in [-0.2, -0.15) is 0 Å². The average molecular weight is 293 g/mol. The Morgan fingerprint density at radius 1 is 1.30 bits per heavy atom. The van der Waals surface area contributed by atoms with Gasteiger partial charge in [0.15, 0.2) is 9.84 Å². The maximum absolute atomic E-state index is 11.6. The highest BCUT2D eigenvalue weighted by molar-refractivity contribution is 7.91. The van der Waals surface area contributed by atoms with E-state index in [-0.39, 0.29) is 17.5 Å². The molecule has 0 spiro atoms. The molecule has 1 aromatic heterocycles. The normalized spacial score (nSPS) is 13.3. The summed E-state index contributed by atoms with van der Waals surface area (Å²) in [5.41, 5.74) is 8.02. The Morgan fingerprint density at radius 3 is 2.65 bits per heavy atom. The third kappa shape index (κ3) is 3.46. The van der Waals surface area contributed by atoms with Crippen molar-refractivity contribution in [2.75, 3.05) is 11.5 Å². The van der Waals surface area contributed by atoms with E-state index in [1.807, 2.05) is 34.9 Å². The third-order valence-electron chi connectivity index (χ3n) is 3.30. The monoisotopic (exact) mass is 293 g/mol. The van der Waals surface area contributed by atoms with Crippen molar-refractivity contribution in [3.05, 3.63) is 54.1 Å². The first-order chi connectivity index (χ1) is 9.53. The Hall–Kier alpha value is -1.66. The summed E-state index contributed by atoms with van der Waals surface area (Å²) in [5.74, 6) is 0.260. The first-order valence-electron chi connectivity index (χ1n) is 6.54. The fourth-order valence-electron chi connectivity index (χ4n) is 1.99. The number of nitrogens with zero attached hydrogens (tertiary/aromatic N) is 2. The lowest BCUT2D eigenvalue weighted by Crippen LogP contribution is -2.20. The largest absolute Gasteiger partial charge is 0.332 e. The molecule has 0 aliphatic heterocycles. The molecule has 0 aliphatic carbocycles. The van der Waals surface area contributed by atoms with Gasteiger partial charge in [0.05, 0.1) is 30.0 Å². The molecular weight excluding hydrogens is 274 g/mol. The third-order valence-corrected chi connectivity index (χ3v) is 4.99. The van der Waals surface area contributed by atoms with Crippen LogP contribution < -0.4 is 5.73 Å². The Morgan fingerprint density at radius 2 is 2.00 bits per heavy atom. The highest BCUT2D eigenvalue weighted by Gasteiger charge is 2.15. The van der Waals surface area contributed by atoms with Gasteiger partial charge >= 0.3 is 0 Å². The summed E-state index contributed by atoms with van der Waals surface area (Å²) >= 11 is 0. The molecule has 0 radical (unpaired) electrons. The lowest BCUT2D eigenvalue weighted by molar-refractivity contribution is 0.586. The van der Waals surface area contributed by atoms with Gasteiger partial charge in [-0.1, -0.05) is 37.3 Å². The molecular formula is C14H19N3O2S. The maximum Gasteiger partial charge on any atom is 0.151 e. The average Bonchev–Trinajstić information content (AvgIpc) is 2.94. The SMILES string of the molecule is CCS(=O)(=O)CCn1cncc1C(N)c1ccccc1. The predicted molar refractivity (Wildman–Crippen MR) is 79.0 cm³/mol. The van der Waals surface area contributed by atoms with E-state index >= 15 is 0 Å². The van der Waals surface area contributed by atoms with Gasteiger partial charge in [0, 0.05) is 12.3 Å². The van der Waals surface area contributed by atoms with Crippen molar-refractivity contribution in [1.29, 1.82) is 0 Å². The van der Waals surface area contributed by atoms with Gasteiger partial charge in [-0.25, -0.2) is 13.4 Å². The number of aryl methyl sites for hydroxylation is 1. The van der Waals surface area contributed by atoms with Crippen molar-refractivity contribution in [3.63, 3.8) is 0 Å². The van der Waals surface area contributed by atoms with Crippen molar-refractivity contribution >= 4 is 9.84 Å². The molecule has 2 N–H and O–H groups in total. The summed E-state index contributed by atoms with van der Waals surface area (Å²) < 4.78 is 25.0. The van der Waals surface area contributed by atoms with Crippen LogP contribution in [0.5, 0.6) is 0 Å². The van der Waals surface area contributed by atoms with E-state index in [1.54, 1.807) is 19.4 Å². The minimum Gasteiger partial charge on any atom is -0.332 e. The van der Waals surface area contributed by atoms with E-state index in [9.17, 15) is 8.42 Å². The molecule has 6 heteroatoms. The van der Waals surface area contributed by atoms with Crippen molar-refractivity contribution < 1.29 is 8.42 Å². The second-order valence-corrected chi connectivity index (χ2v) is 7.11. The van der Waals surface area contributed by atoms with Gasteiger partial charge in [-0.15, -0.1) is 0 Å². The molecule has 1 heterocycles. The Bertz CT molecular complexity index is 650. The fourth-order valence-corrected chi connectivity index (χ4v) is 2.75. The summed E-state index contributed by atoms with van der Waals surface area (Å²) in [7, 11) is -2.99. The Kier molecular flexibility index (Phi) is 4.57. The molecule has 0 bridgehead atoms. The lowest BCUT2D eigenvalue weighted by Gasteiger charge is -2.15. The summed E-state index contributed by atoms with van der Waals surface area (Å²) in [4.78, 5) is 4.08. The van der Waals surface area contributed by atoms with Gasteiger partial charge in [-0.3, -0.25) is 0 Å². The van der Waals surface area contributed by atoms with E-state index in [1.165, 1.54) is 0 Å². The van der Waals surface area contributed by atoms with E-state index < -0.39 is 9.84 Å². The van der Waals surface area contributed by atoms with E-state index in [0.29, 0.717) is 6.54 Å². The Balaban J connectivity index is 2.17. The van der Waals surface area contributed by atoms with Gasteiger partial charge in [-0.05, 0) is 5.56 Å². The van der Waals surface area contributed by atoms with Crippen LogP contribution in [-0.2, 0) is 16.4 Å². The summed E-state index contributed by atoms with van der Waals surface area (Å²) in [6.45, 7) is 2.03. The van der Waals surface area contributed by atoms with Gasteiger partial charge in [0.25, 0.3) is 0 Å². The topological polar surface area (TPSA) is 78.0 Å². The van der Waals surface area contributed by atoms with Crippen molar-refractivity contribution in [2.24, 2.45) is 5.73 Å². The zero-order valence-electron chi connectivity index (χ0n) is 11.4. The molecule has 2 aromatic rings. The lowest BCUT2D eigenvalue weighted by atomic mass is 10.1. The first kappa shape index (κ1) is 14.7. The van der Waals surface area contributed by atoms with Crippen LogP contribution in [0.25, 0.3) is 0 Å². The van der Waals surface area contributed by atoms with E-state index in [4.69, 9.17) is 5.73 Å². The first-order valence-corrected chi connectivity index (χ1v) is 8.36. The molecule has 20 heavy (non-hydrogen) atoms. The van der Waals surface area contributed by atoms with Crippen LogP contribution in [0.2, 0.25) is 0 Å². The minimum absolute atomic E-state index is 0.106. The van der Waals surface area contributed by atoms with Crippen LogP contribution in [0.1, 0.15) is 24.2 Å². The second kappa shape index (κ2) is 6.19. The van der Waals surface area contributed by atoms with Gasteiger partial charge in [0.2, 0.25) is 0 Å². The number of hydrogen-bond acceptors (Lipinski definition) is 4. The highest BCUT2D eigenvalue weighted by atomic mass is 32.2. The van der Waals surface area contributed by atoms with Crippen molar-refractivity contribution in [1.82, 2.24) is 9.55 Å². The van der Waals surface area contributed by atoms with Crippen LogP contribution in [0.3, 0.4) is 0 Å². The Labute approximate surface area is 119 Å². The second-order valence-electron chi connectivity index (χ2n) is 4.64. The van der Waals surface area contributed by atoms with E-state index in [0.717, 1.165) is 11.3 Å². The highest BCUT2D eigenvalue weighted by Crippen LogP contribution is 2.18.